The molecule has 0 saturated heterocycles. The highest BCUT2D eigenvalue weighted by molar-refractivity contribution is 6.00. The molecule has 5 heteroatoms. The van der Waals surface area contributed by atoms with Crippen molar-refractivity contribution >= 4 is 23.3 Å². The lowest BCUT2D eigenvalue weighted by Crippen LogP contribution is -2.37. The number of ketones is 1. The van der Waals surface area contributed by atoms with Gasteiger partial charge in [-0.1, -0.05) is 18.2 Å². The first-order valence-electron chi connectivity index (χ1n) is 7.25. The normalized spacial score (nSPS) is 16.2. The smallest absolute Gasteiger partial charge is 0.339 e. The number of esters is 1. The molecule has 1 N–H and O–H groups in total. The third-order valence-electron chi connectivity index (χ3n) is 3.74. The maximum atomic E-state index is 12.3. The molecule has 2 aromatic rings. The molecule has 0 bridgehead atoms. The summed E-state index contributed by atoms with van der Waals surface area (Å²) in [6.45, 7) is 1.48. The third kappa shape index (κ3) is 3.13. The van der Waals surface area contributed by atoms with E-state index in [9.17, 15) is 14.4 Å². The van der Waals surface area contributed by atoms with E-state index in [-0.39, 0.29) is 11.7 Å². The first-order valence-corrected chi connectivity index (χ1v) is 7.25. The topological polar surface area (TPSA) is 72.5 Å². The predicted molar refractivity (Wildman–Crippen MR) is 84.4 cm³/mol. The summed E-state index contributed by atoms with van der Waals surface area (Å²) in [5.41, 5.74) is 2.43. The Kier molecular flexibility index (Phi) is 3.93. The van der Waals surface area contributed by atoms with Crippen molar-refractivity contribution in [2.75, 3.05) is 5.32 Å². The third-order valence-corrected chi connectivity index (χ3v) is 3.74. The molecule has 1 aliphatic heterocycles. The van der Waals surface area contributed by atoms with Gasteiger partial charge in [0.25, 0.3) is 5.91 Å². The van der Waals surface area contributed by atoms with Crippen LogP contribution in [0.4, 0.5) is 5.69 Å². The molecule has 116 valence electrons. The van der Waals surface area contributed by atoms with Crippen molar-refractivity contribution in [1.29, 1.82) is 0 Å². The first kappa shape index (κ1) is 15.0. The second kappa shape index (κ2) is 6.04. The van der Waals surface area contributed by atoms with Crippen molar-refractivity contribution < 1.29 is 19.1 Å². The van der Waals surface area contributed by atoms with E-state index in [1.165, 1.54) is 6.92 Å². The van der Waals surface area contributed by atoms with E-state index in [0.717, 1.165) is 5.56 Å². The van der Waals surface area contributed by atoms with Gasteiger partial charge >= 0.3 is 5.97 Å². The molecule has 1 amide bonds. The predicted octanol–water partition coefficient (Wildman–Crippen LogP) is 2.61. The molecule has 0 unspecified atom stereocenters. The van der Waals surface area contributed by atoms with Gasteiger partial charge in [-0.2, -0.15) is 0 Å². The summed E-state index contributed by atoms with van der Waals surface area (Å²) in [4.78, 5) is 35.5. The summed E-state index contributed by atoms with van der Waals surface area (Å²) >= 11 is 0. The van der Waals surface area contributed by atoms with Crippen molar-refractivity contribution in [3.05, 3.63) is 65.2 Å². The Morgan fingerprint density at radius 3 is 2.48 bits per heavy atom. The number of carbonyl (C=O) groups is 3. The van der Waals surface area contributed by atoms with E-state index >= 15 is 0 Å². The van der Waals surface area contributed by atoms with Gasteiger partial charge < -0.3 is 10.1 Å². The van der Waals surface area contributed by atoms with Crippen molar-refractivity contribution in [2.24, 2.45) is 0 Å². The number of amides is 1. The molecule has 0 saturated carbocycles. The van der Waals surface area contributed by atoms with E-state index in [1.807, 2.05) is 12.1 Å². The summed E-state index contributed by atoms with van der Waals surface area (Å²) < 4.78 is 5.20. The van der Waals surface area contributed by atoms with Gasteiger partial charge in [-0.25, -0.2) is 4.79 Å². The highest BCUT2D eigenvalue weighted by Gasteiger charge is 2.30. The van der Waals surface area contributed by atoms with Crippen LogP contribution in [0.5, 0.6) is 0 Å². The quantitative estimate of drug-likeness (QED) is 0.699. The number of Topliss-reactive ketones (excluding diaryl/α,β-unsaturated/α-hetero) is 1. The Morgan fingerprint density at radius 1 is 1.09 bits per heavy atom. The highest BCUT2D eigenvalue weighted by Crippen LogP contribution is 2.21. The molecule has 0 radical (unpaired) electrons. The Morgan fingerprint density at radius 2 is 1.78 bits per heavy atom. The molecule has 1 atom stereocenters. The number of anilines is 1. The molecule has 3 rings (SSSR count). The van der Waals surface area contributed by atoms with Gasteiger partial charge in [-0.05, 0) is 42.8 Å². The van der Waals surface area contributed by atoms with Crippen molar-refractivity contribution in [3.8, 4) is 0 Å². The van der Waals surface area contributed by atoms with Crippen LogP contribution < -0.4 is 5.32 Å². The summed E-state index contributed by atoms with van der Waals surface area (Å²) in [5, 5.41) is 2.70. The Bertz CT molecular complexity index is 780. The van der Waals surface area contributed by atoms with Crippen LogP contribution in [0.25, 0.3) is 0 Å². The van der Waals surface area contributed by atoms with E-state index in [4.69, 9.17) is 4.74 Å². The average molecular weight is 309 g/mol. The molecule has 0 aliphatic carbocycles. The van der Waals surface area contributed by atoms with Crippen molar-refractivity contribution in [3.63, 3.8) is 0 Å². The number of hydrogen-bond donors (Lipinski definition) is 1. The monoisotopic (exact) mass is 309 g/mol. The second-order valence-corrected chi connectivity index (χ2v) is 5.38. The summed E-state index contributed by atoms with van der Waals surface area (Å²) in [7, 11) is 0. The fraction of sp³-hybridized carbons (Fsp3) is 0.167. The van der Waals surface area contributed by atoms with Crippen LogP contribution in [0.3, 0.4) is 0 Å². The zero-order chi connectivity index (χ0) is 16.4. The standard InChI is InChI=1S/C18H15NO4/c1-11(20)12-6-8-14(9-7-12)19-17(21)16-10-13-4-2-3-5-15(13)18(22)23-16/h2-9,16H,10H2,1H3,(H,19,21)/t16-/m0/s1. The van der Waals surface area contributed by atoms with Gasteiger partial charge in [0.1, 0.15) is 0 Å². The number of ether oxygens (including phenoxy) is 1. The van der Waals surface area contributed by atoms with Crippen LogP contribution in [0.1, 0.15) is 33.2 Å². The maximum Gasteiger partial charge on any atom is 0.339 e. The number of fused-ring (bicyclic) bond motifs is 1. The second-order valence-electron chi connectivity index (χ2n) is 5.38. The van der Waals surface area contributed by atoms with E-state index in [0.29, 0.717) is 23.2 Å². The molecule has 1 heterocycles. The number of benzene rings is 2. The molecule has 1 aliphatic rings. The van der Waals surface area contributed by atoms with Crippen LogP contribution in [-0.4, -0.2) is 23.8 Å². The summed E-state index contributed by atoms with van der Waals surface area (Å²) in [6, 6.07) is 13.7. The Balaban J connectivity index is 1.72. The van der Waals surface area contributed by atoms with Gasteiger partial charge in [0, 0.05) is 17.7 Å². The zero-order valence-electron chi connectivity index (χ0n) is 12.5. The number of hydrogen-bond acceptors (Lipinski definition) is 4. The minimum Gasteiger partial charge on any atom is -0.448 e. The van der Waals surface area contributed by atoms with Gasteiger partial charge in [0.05, 0.1) is 5.56 Å². The molecule has 23 heavy (non-hydrogen) atoms. The van der Waals surface area contributed by atoms with E-state index in [1.54, 1.807) is 36.4 Å². The minimum absolute atomic E-state index is 0.0410. The molecule has 2 aromatic carbocycles. The van der Waals surface area contributed by atoms with E-state index < -0.39 is 12.1 Å². The number of cyclic esters (lactones) is 1. The van der Waals surface area contributed by atoms with Gasteiger partial charge in [-0.3, -0.25) is 9.59 Å². The fourth-order valence-corrected chi connectivity index (χ4v) is 2.49. The summed E-state index contributed by atoms with van der Waals surface area (Å²) in [5.74, 6) is -0.914. The Hall–Kier alpha value is -2.95. The van der Waals surface area contributed by atoms with Crippen molar-refractivity contribution in [2.45, 2.75) is 19.4 Å². The zero-order valence-corrected chi connectivity index (χ0v) is 12.5. The lowest BCUT2D eigenvalue weighted by atomic mass is 9.98. The number of rotatable bonds is 3. The fourth-order valence-electron chi connectivity index (χ4n) is 2.49. The van der Waals surface area contributed by atoms with Crippen LogP contribution in [0.15, 0.2) is 48.5 Å². The average Bonchev–Trinajstić information content (AvgIpc) is 2.55. The molecule has 0 aromatic heterocycles. The largest absolute Gasteiger partial charge is 0.448 e. The minimum atomic E-state index is -0.857. The van der Waals surface area contributed by atoms with Crippen LogP contribution in [0, 0.1) is 0 Å². The number of carbonyl (C=O) groups excluding carboxylic acids is 3. The highest BCUT2D eigenvalue weighted by atomic mass is 16.5. The first-order chi connectivity index (χ1) is 11.0. The lowest BCUT2D eigenvalue weighted by Gasteiger charge is -2.23. The van der Waals surface area contributed by atoms with Crippen LogP contribution in [0.2, 0.25) is 0 Å². The van der Waals surface area contributed by atoms with Gasteiger partial charge in [-0.15, -0.1) is 0 Å². The molecular formula is C18H15NO4. The molecule has 5 nitrogen and oxygen atoms in total. The SMILES string of the molecule is CC(=O)c1ccc(NC(=O)[C@@H]2Cc3ccccc3C(=O)O2)cc1. The summed E-state index contributed by atoms with van der Waals surface area (Å²) in [6.07, 6.45) is -0.510. The molecule has 0 fully saturated rings. The number of nitrogens with one attached hydrogen (secondary N) is 1. The van der Waals surface area contributed by atoms with Crippen LogP contribution >= 0.6 is 0 Å². The Labute approximate surface area is 133 Å². The van der Waals surface area contributed by atoms with Gasteiger partial charge in [0.2, 0.25) is 0 Å². The lowest BCUT2D eigenvalue weighted by molar-refractivity contribution is -0.125. The van der Waals surface area contributed by atoms with Gasteiger partial charge in [0.15, 0.2) is 11.9 Å². The van der Waals surface area contributed by atoms with Crippen molar-refractivity contribution in [1.82, 2.24) is 0 Å². The molecular weight excluding hydrogens is 294 g/mol. The van der Waals surface area contributed by atoms with Crippen LogP contribution in [-0.2, 0) is 16.0 Å². The molecule has 0 spiro atoms. The maximum absolute atomic E-state index is 12.3. The van der Waals surface area contributed by atoms with E-state index in [2.05, 4.69) is 5.32 Å².